The molecule has 0 saturated carbocycles. The topological polar surface area (TPSA) is 9.23 Å². The van der Waals surface area contributed by atoms with Gasteiger partial charge in [-0.3, -0.25) is 0 Å². The molecule has 0 N–H and O–H groups in total. The van der Waals surface area contributed by atoms with Crippen molar-refractivity contribution in [3.05, 3.63) is 53.8 Å². The predicted molar refractivity (Wildman–Crippen MR) is 77.1 cm³/mol. The monoisotopic (exact) mass is 276 g/mol. The summed E-state index contributed by atoms with van der Waals surface area (Å²) < 4.78 is 32.6. The molecule has 0 radical (unpaired) electrons. The van der Waals surface area contributed by atoms with Crippen LogP contribution in [0.15, 0.2) is 42.5 Å². The summed E-state index contributed by atoms with van der Waals surface area (Å²) in [7, 11) is 0. The Morgan fingerprint density at radius 1 is 0.950 bits per heavy atom. The van der Waals surface area contributed by atoms with Crippen LogP contribution in [0.2, 0.25) is 0 Å². The Labute approximate surface area is 118 Å². The van der Waals surface area contributed by atoms with Gasteiger partial charge in [0.25, 0.3) is 0 Å². The highest BCUT2D eigenvalue weighted by atomic mass is 19.1. The Kier molecular flexibility index (Phi) is 4.38. The van der Waals surface area contributed by atoms with E-state index in [1.165, 1.54) is 13.0 Å². The first-order valence-corrected chi connectivity index (χ1v) is 6.68. The van der Waals surface area contributed by atoms with Crippen molar-refractivity contribution < 1.29 is 13.5 Å². The molecule has 1 unspecified atom stereocenters. The highest BCUT2D eigenvalue weighted by molar-refractivity contribution is 5.66. The number of rotatable bonds is 4. The van der Waals surface area contributed by atoms with Crippen LogP contribution in [-0.4, -0.2) is 6.10 Å². The number of hydrogen-bond donors (Lipinski definition) is 0. The van der Waals surface area contributed by atoms with Gasteiger partial charge in [0.05, 0.1) is 6.10 Å². The zero-order valence-electron chi connectivity index (χ0n) is 11.9. The summed E-state index contributed by atoms with van der Waals surface area (Å²) in [5, 5.41) is 0. The molecule has 0 bridgehead atoms. The van der Waals surface area contributed by atoms with Crippen LogP contribution in [0.5, 0.6) is 5.75 Å². The third kappa shape index (κ3) is 3.35. The fourth-order valence-electron chi connectivity index (χ4n) is 2.00. The second-order valence-electron chi connectivity index (χ2n) is 5.05. The first kappa shape index (κ1) is 14.5. The highest BCUT2D eigenvalue weighted by Crippen LogP contribution is 2.29. The van der Waals surface area contributed by atoms with Crippen molar-refractivity contribution in [2.24, 2.45) is 0 Å². The quantitative estimate of drug-likeness (QED) is 0.735. The molecule has 1 atom stereocenters. The molecule has 20 heavy (non-hydrogen) atoms. The van der Waals surface area contributed by atoms with E-state index < -0.39 is 6.17 Å². The lowest BCUT2D eigenvalue weighted by Gasteiger charge is -2.12. The molecule has 0 spiro atoms. The maximum Gasteiger partial charge on any atom is 0.131 e. The number of benzene rings is 2. The molecule has 0 aromatic heterocycles. The van der Waals surface area contributed by atoms with E-state index in [9.17, 15) is 8.78 Å². The highest BCUT2D eigenvalue weighted by Gasteiger charge is 2.09. The minimum absolute atomic E-state index is 0.0306. The van der Waals surface area contributed by atoms with Gasteiger partial charge in [-0.2, -0.15) is 0 Å². The van der Waals surface area contributed by atoms with Crippen molar-refractivity contribution in [3.63, 3.8) is 0 Å². The Morgan fingerprint density at radius 2 is 1.60 bits per heavy atom. The predicted octanol–water partition coefficient (Wildman–Crippen LogP) is 5.31. The van der Waals surface area contributed by atoms with Crippen molar-refractivity contribution in [1.29, 1.82) is 0 Å². The van der Waals surface area contributed by atoms with Crippen LogP contribution in [0, 0.1) is 5.82 Å². The fraction of sp³-hybridized carbons (Fsp3) is 0.294. The molecule has 2 rings (SSSR count). The third-order valence-electron chi connectivity index (χ3n) is 2.99. The molecular weight excluding hydrogens is 258 g/mol. The van der Waals surface area contributed by atoms with Gasteiger partial charge in [-0.1, -0.05) is 24.3 Å². The third-order valence-corrected chi connectivity index (χ3v) is 2.99. The van der Waals surface area contributed by atoms with Crippen LogP contribution in [0.3, 0.4) is 0 Å². The summed E-state index contributed by atoms with van der Waals surface area (Å²) in [6.45, 7) is 5.31. The molecule has 2 aromatic carbocycles. The summed E-state index contributed by atoms with van der Waals surface area (Å²) in [6.07, 6.45) is -0.993. The Bertz CT molecular complexity index is 574. The zero-order chi connectivity index (χ0) is 14.7. The van der Waals surface area contributed by atoms with Gasteiger partial charge in [-0.15, -0.1) is 0 Å². The standard InChI is InChI=1S/C17H18F2O/c1-11(2)20-15-8-9-17(19)16(10-15)14-6-4-13(5-7-14)12(3)18/h4-12H,1-3H3. The Morgan fingerprint density at radius 3 is 2.15 bits per heavy atom. The first-order valence-electron chi connectivity index (χ1n) is 6.68. The molecule has 0 fully saturated rings. The van der Waals surface area contributed by atoms with E-state index in [1.807, 2.05) is 13.8 Å². The van der Waals surface area contributed by atoms with Crippen molar-refractivity contribution >= 4 is 0 Å². The van der Waals surface area contributed by atoms with Crippen LogP contribution in [0.1, 0.15) is 32.5 Å². The van der Waals surface area contributed by atoms with Crippen molar-refractivity contribution in [1.82, 2.24) is 0 Å². The van der Waals surface area contributed by atoms with Gasteiger partial charge in [0.15, 0.2) is 0 Å². The smallest absolute Gasteiger partial charge is 0.131 e. The van der Waals surface area contributed by atoms with Gasteiger partial charge in [-0.05, 0) is 50.1 Å². The molecule has 2 aromatic rings. The van der Waals surface area contributed by atoms with Crippen LogP contribution in [0.4, 0.5) is 8.78 Å². The van der Waals surface area contributed by atoms with Gasteiger partial charge in [0.2, 0.25) is 0 Å². The Balaban J connectivity index is 2.35. The molecule has 0 aliphatic heterocycles. The van der Waals surface area contributed by atoms with E-state index in [0.717, 1.165) is 0 Å². The second-order valence-corrected chi connectivity index (χ2v) is 5.05. The fourth-order valence-corrected chi connectivity index (χ4v) is 2.00. The van der Waals surface area contributed by atoms with E-state index in [4.69, 9.17) is 4.74 Å². The number of ether oxygens (including phenoxy) is 1. The number of hydrogen-bond acceptors (Lipinski definition) is 1. The molecule has 0 amide bonds. The Hall–Kier alpha value is -1.90. The first-order chi connectivity index (χ1) is 9.47. The SMILES string of the molecule is CC(C)Oc1ccc(F)c(-c2ccc(C(C)F)cc2)c1. The zero-order valence-corrected chi connectivity index (χ0v) is 11.9. The maximum absolute atomic E-state index is 13.9. The van der Waals surface area contributed by atoms with Crippen LogP contribution in [-0.2, 0) is 0 Å². The number of alkyl halides is 1. The van der Waals surface area contributed by atoms with Crippen LogP contribution >= 0.6 is 0 Å². The van der Waals surface area contributed by atoms with Gasteiger partial charge >= 0.3 is 0 Å². The maximum atomic E-state index is 13.9. The molecule has 3 heteroatoms. The van der Waals surface area contributed by atoms with E-state index in [2.05, 4.69) is 0 Å². The van der Waals surface area contributed by atoms with E-state index >= 15 is 0 Å². The molecule has 106 valence electrons. The van der Waals surface area contributed by atoms with Crippen molar-refractivity contribution in [2.45, 2.75) is 33.0 Å². The molecule has 0 saturated heterocycles. The number of halogens is 2. The summed E-state index contributed by atoms with van der Waals surface area (Å²) in [5.41, 5.74) is 1.76. The largest absolute Gasteiger partial charge is 0.491 e. The van der Waals surface area contributed by atoms with Gasteiger partial charge in [0, 0.05) is 5.56 Å². The van der Waals surface area contributed by atoms with Gasteiger partial charge in [0.1, 0.15) is 17.7 Å². The molecule has 0 heterocycles. The summed E-state index contributed by atoms with van der Waals surface area (Å²) in [6, 6.07) is 11.5. The minimum Gasteiger partial charge on any atom is -0.491 e. The lowest BCUT2D eigenvalue weighted by molar-refractivity contribution is 0.242. The van der Waals surface area contributed by atoms with Gasteiger partial charge in [-0.25, -0.2) is 8.78 Å². The van der Waals surface area contributed by atoms with Crippen LogP contribution < -0.4 is 4.74 Å². The normalized spacial score (nSPS) is 12.5. The average Bonchev–Trinajstić information content (AvgIpc) is 2.40. The summed E-state index contributed by atoms with van der Waals surface area (Å²) in [5.74, 6) is 0.307. The molecule has 1 nitrogen and oxygen atoms in total. The molecule has 0 aliphatic carbocycles. The summed E-state index contributed by atoms with van der Waals surface area (Å²) in [4.78, 5) is 0. The average molecular weight is 276 g/mol. The van der Waals surface area contributed by atoms with E-state index in [1.54, 1.807) is 36.4 Å². The van der Waals surface area contributed by atoms with Crippen molar-refractivity contribution in [3.8, 4) is 16.9 Å². The summed E-state index contributed by atoms with van der Waals surface area (Å²) >= 11 is 0. The van der Waals surface area contributed by atoms with Crippen molar-refractivity contribution in [2.75, 3.05) is 0 Å². The molecule has 0 aliphatic rings. The lowest BCUT2D eigenvalue weighted by Crippen LogP contribution is -2.05. The molecular formula is C17H18F2O. The van der Waals surface area contributed by atoms with Gasteiger partial charge < -0.3 is 4.74 Å². The minimum atomic E-state index is -1.02. The van der Waals surface area contributed by atoms with E-state index in [0.29, 0.717) is 22.4 Å². The van der Waals surface area contributed by atoms with E-state index in [-0.39, 0.29) is 11.9 Å². The second kappa shape index (κ2) is 6.04. The van der Waals surface area contributed by atoms with Crippen LogP contribution in [0.25, 0.3) is 11.1 Å². The lowest BCUT2D eigenvalue weighted by atomic mass is 10.0.